The Hall–Kier alpha value is -2.60. The Balaban J connectivity index is 1.54. The van der Waals surface area contributed by atoms with Gasteiger partial charge in [0, 0.05) is 22.9 Å². The molecule has 0 saturated carbocycles. The fraction of sp³-hybridized carbons (Fsp3) is 0.158. The summed E-state index contributed by atoms with van der Waals surface area (Å²) >= 11 is 3.39. The van der Waals surface area contributed by atoms with Gasteiger partial charge in [0.2, 0.25) is 0 Å². The van der Waals surface area contributed by atoms with Crippen LogP contribution in [0.4, 0.5) is 5.82 Å². The lowest BCUT2D eigenvalue weighted by atomic mass is 10.2. The van der Waals surface area contributed by atoms with Gasteiger partial charge in [-0.1, -0.05) is 18.2 Å². The second-order valence-electron chi connectivity index (χ2n) is 5.42. The van der Waals surface area contributed by atoms with E-state index in [1.807, 2.05) is 36.4 Å². The van der Waals surface area contributed by atoms with Gasteiger partial charge in [-0.3, -0.25) is 4.79 Å². The van der Waals surface area contributed by atoms with Gasteiger partial charge in [-0.25, -0.2) is 4.98 Å². The highest BCUT2D eigenvalue weighted by Crippen LogP contribution is 2.22. The van der Waals surface area contributed by atoms with Crippen molar-refractivity contribution in [2.24, 2.45) is 0 Å². The van der Waals surface area contributed by atoms with Crippen molar-refractivity contribution in [3.05, 3.63) is 64.6 Å². The Morgan fingerprint density at radius 1 is 1.12 bits per heavy atom. The molecule has 0 radical (unpaired) electrons. The molecule has 0 aliphatic heterocycles. The van der Waals surface area contributed by atoms with Crippen LogP contribution in [0, 0.1) is 0 Å². The van der Waals surface area contributed by atoms with Crippen LogP contribution in [-0.2, 0) is 0 Å². The van der Waals surface area contributed by atoms with Gasteiger partial charge in [-0.15, -0.1) is 0 Å². The van der Waals surface area contributed by atoms with E-state index in [0.29, 0.717) is 24.4 Å². The molecule has 1 aromatic heterocycles. The number of halogens is 1. The smallest absolute Gasteiger partial charge is 0.252 e. The molecule has 128 valence electrons. The van der Waals surface area contributed by atoms with E-state index in [0.717, 1.165) is 21.2 Å². The van der Waals surface area contributed by atoms with E-state index in [9.17, 15) is 4.79 Å². The molecule has 3 rings (SSSR count). The van der Waals surface area contributed by atoms with Gasteiger partial charge in [-0.2, -0.15) is 0 Å². The fourth-order valence-corrected chi connectivity index (χ4v) is 2.86. The first-order chi connectivity index (χ1) is 12.2. The number of methoxy groups -OCH3 is 1. The number of carbonyl (C=O) groups is 1. The molecule has 0 aliphatic rings. The third-order valence-corrected chi connectivity index (χ3v) is 4.42. The van der Waals surface area contributed by atoms with Crippen molar-refractivity contribution in [2.75, 3.05) is 25.5 Å². The maximum absolute atomic E-state index is 12.3. The largest absolute Gasteiger partial charge is 0.497 e. The van der Waals surface area contributed by atoms with Crippen molar-refractivity contribution in [1.82, 2.24) is 10.3 Å². The first kappa shape index (κ1) is 17.2. The number of nitrogens with zero attached hydrogens (tertiary/aromatic N) is 1. The zero-order chi connectivity index (χ0) is 17.6. The third-order valence-electron chi connectivity index (χ3n) is 3.73. The van der Waals surface area contributed by atoms with Gasteiger partial charge in [0.1, 0.15) is 11.6 Å². The molecule has 3 aromatic rings. The number of benzene rings is 2. The first-order valence-electron chi connectivity index (χ1n) is 7.89. The lowest BCUT2D eigenvalue weighted by Gasteiger charge is -2.10. The number of carbonyl (C=O) groups excluding carboxylic acids is 1. The molecule has 2 aromatic carbocycles. The highest BCUT2D eigenvalue weighted by molar-refractivity contribution is 9.10. The van der Waals surface area contributed by atoms with E-state index < -0.39 is 0 Å². The lowest BCUT2D eigenvalue weighted by Crippen LogP contribution is -2.29. The van der Waals surface area contributed by atoms with Crippen LogP contribution < -0.4 is 15.4 Å². The Morgan fingerprint density at radius 2 is 1.96 bits per heavy atom. The van der Waals surface area contributed by atoms with Crippen LogP contribution in [-0.4, -0.2) is 31.1 Å². The zero-order valence-corrected chi connectivity index (χ0v) is 15.3. The third kappa shape index (κ3) is 4.28. The van der Waals surface area contributed by atoms with Crippen LogP contribution in [0.5, 0.6) is 5.75 Å². The summed E-state index contributed by atoms with van der Waals surface area (Å²) in [7, 11) is 1.57. The molecule has 1 heterocycles. The Bertz CT molecular complexity index is 899. The Kier molecular flexibility index (Phi) is 5.50. The van der Waals surface area contributed by atoms with E-state index >= 15 is 0 Å². The molecule has 0 unspecified atom stereocenters. The quantitative estimate of drug-likeness (QED) is 0.617. The molecule has 2 N–H and O–H groups in total. The number of fused-ring (bicyclic) bond motifs is 1. The highest BCUT2D eigenvalue weighted by atomic mass is 79.9. The highest BCUT2D eigenvalue weighted by Gasteiger charge is 2.10. The van der Waals surface area contributed by atoms with Crippen molar-refractivity contribution in [3.8, 4) is 5.75 Å². The molecule has 6 heteroatoms. The molecule has 25 heavy (non-hydrogen) atoms. The first-order valence-corrected chi connectivity index (χ1v) is 8.68. The predicted molar refractivity (Wildman–Crippen MR) is 103 cm³/mol. The van der Waals surface area contributed by atoms with E-state index in [1.54, 1.807) is 25.3 Å². The van der Waals surface area contributed by atoms with Gasteiger partial charge in [-0.05, 0) is 52.3 Å². The molecular formula is C19H18BrN3O2. The molecule has 1 amide bonds. The van der Waals surface area contributed by atoms with Gasteiger partial charge in [0.15, 0.2) is 0 Å². The van der Waals surface area contributed by atoms with Crippen LogP contribution in [0.2, 0.25) is 0 Å². The molecule has 0 spiro atoms. The number of rotatable bonds is 6. The minimum Gasteiger partial charge on any atom is -0.497 e. The van der Waals surface area contributed by atoms with Crippen molar-refractivity contribution in [2.45, 2.75) is 0 Å². The van der Waals surface area contributed by atoms with Crippen LogP contribution in [0.1, 0.15) is 10.4 Å². The number of ether oxygens (including phenoxy) is 1. The second-order valence-corrected chi connectivity index (χ2v) is 6.27. The average Bonchev–Trinajstić information content (AvgIpc) is 2.65. The summed E-state index contributed by atoms with van der Waals surface area (Å²) in [6.07, 6.45) is 0. The van der Waals surface area contributed by atoms with Crippen molar-refractivity contribution in [3.63, 3.8) is 0 Å². The summed E-state index contributed by atoms with van der Waals surface area (Å²) < 4.78 is 5.89. The number of amides is 1. The topological polar surface area (TPSA) is 63.2 Å². The molecular weight excluding hydrogens is 382 g/mol. The number of pyridine rings is 1. The number of para-hydroxylation sites is 1. The monoisotopic (exact) mass is 399 g/mol. The maximum atomic E-state index is 12.3. The normalized spacial score (nSPS) is 10.5. The number of nitrogens with one attached hydrogen (secondary N) is 2. The summed E-state index contributed by atoms with van der Waals surface area (Å²) in [5.74, 6) is 1.28. The Morgan fingerprint density at radius 3 is 2.80 bits per heavy atom. The average molecular weight is 400 g/mol. The van der Waals surface area contributed by atoms with Gasteiger partial charge in [0.25, 0.3) is 5.91 Å². The minimum absolute atomic E-state index is 0.154. The van der Waals surface area contributed by atoms with Gasteiger partial charge >= 0.3 is 0 Å². The second kappa shape index (κ2) is 7.98. The number of hydrogen-bond donors (Lipinski definition) is 2. The maximum Gasteiger partial charge on any atom is 0.252 e. The van der Waals surface area contributed by atoms with E-state index in [-0.39, 0.29) is 5.91 Å². The molecule has 0 aliphatic carbocycles. The number of anilines is 1. The molecule has 5 nitrogen and oxygen atoms in total. The van der Waals surface area contributed by atoms with E-state index in [2.05, 4.69) is 31.5 Å². The Labute approximate surface area is 154 Å². The zero-order valence-electron chi connectivity index (χ0n) is 13.8. The van der Waals surface area contributed by atoms with Crippen LogP contribution in [0.15, 0.2) is 59.1 Å². The minimum atomic E-state index is -0.154. The summed E-state index contributed by atoms with van der Waals surface area (Å²) in [4.78, 5) is 16.8. The predicted octanol–water partition coefficient (Wildman–Crippen LogP) is 3.85. The van der Waals surface area contributed by atoms with Gasteiger partial charge in [0.05, 0.1) is 18.2 Å². The van der Waals surface area contributed by atoms with Crippen molar-refractivity contribution in [1.29, 1.82) is 0 Å². The van der Waals surface area contributed by atoms with Crippen molar-refractivity contribution < 1.29 is 9.53 Å². The summed E-state index contributed by atoms with van der Waals surface area (Å²) in [5, 5.41) is 7.20. The summed E-state index contributed by atoms with van der Waals surface area (Å²) in [6.45, 7) is 1.07. The SMILES string of the molecule is COc1ccc(Br)c(C(=O)NCCNc2ccc3ccccc3n2)c1. The summed E-state index contributed by atoms with van der Waals surface area (Å²) in [6, 6.07) is 17.2. The van der Waals surface area contributed by atoms with E-state index in [4.69, 9.17) is 4.74 Å². The lowest BCUT2D eigenvalue weighted by molar-refractivity contribution is 0.0954. The van der Waals surface area contributed by atoms with Crippen LogP contribution in [0.3, 0.4) is 0 Å². The number of hydrogen-bond acceptors (Lipinski definition) is 4. The molecule has 0 bridgehead atoms. The molecule has 0 atom stereocenters. The summed E-state index contributed by atoms with van der Waals surface area (Å²) in [5.41, 5.74) is 1.49. The van der Waals surface area contributed by atoms with Crippen LogP contribution in [0.25, 0.3) is 10.9 Å². The molecule has 0 saturated heterocycles. The van der Waals surface area contributed by atoms with Crippen molar-refractivity contribution >= 4 is 38.6 Å². The number of aromatic nitrogens is 1. The standard InChI is InChI=1S/C19H18BrN3O2/c1-25-14-7-8-16(20)15(12-14)19(24)22-11-10-21-18-9-6-13-4-2-3-5-17(13)23-18/h2-9,12H,10-11H2,1H3,(H,21,23)(H,22,24). The fourth-order valence-electron chi connectivity index (χ4n) is 2.43. The van der Waals surface area contributed by atoms with E-state index in [1.165, 1.54) is 0 Å². The van der Waals surface area contributed by atoms with Crippen LogP contribution >= 0.6 is 15.9 Å². The van der Waals surface area contributed by atoms with Gasteiger partial charge < -0.3 is 15.4 Å². The molecule has 0 fully saturated rings.